The second kappa shape index (κ2) is 13.7. The van der Waals surface area contributed by atoms with Crippen molar-refractivity contribution in [1.82, 2.24) is 4.98 Å². The van der Waals surface area contributed by atoms with Crippen molar-refractivity contribution < 1.29 is 17.3 Å². The zero-order valence-corrected chi connectivity index (χ0v) is 12.7. The molecule has 2 atom stereocenters. The van der Waals surface area contributed by atoms with E-state index in [-0.39, 0.29) is 0 Å². The summed E-state index contributed by atoms with van der Waals surface area (Å²) < 4.78 is 0. The third kappa shape index (κ3) is 8.01. The van der Waals surface area contributed by atoms with Gasteiger partial charge in [0.15, 0.2) is 0 Å². The molecule has 0 amide bonds. The maximum absolute atomic E-state index is 4.61. The van der Waals surface area contributed by atoms with E-state index in [0.29, 0.717) is 0 Å². The molecular formula is C9H15ClNP2Ru-. The van der Waals surface area contributed by atoms with E-state index in [4.69, 9.17) is 0 Å². The van der Waals surface area contributed by atoms with Crippen molar-refractivity contribution >= 4 is 28.2 Å². The fourth-order valence-electron chi connectivity index (χ4n) is 0.757. The molecule has 0 saturated carbocycles. The number of pyridine rings is 1. The second-order valence-electron chi connectivity index (χ2n) is 2.03. The van der Waals surface area contributed by atoms with E-state index in [1.54, 1.807) is 17.3 Å². The first kappa shape index (κ1) is 17.1. The van der Waals surface area contributed by atoms with Crippen molar-refractivity contribution in [2.24, 2.45) is 0 Å². The molecule has 0 bridgehead atoms. The van der Waals surface area contributed by atoms with Crippen molar-refractivity contribution in [3.05, 3.63) is 42.7 Å². The van der Waals surface area contributed by atoms with Crippen LogP contribution in [0.25, 0.3) is 0 Å². The normalized spacial score (nSPS) is 7.79. The van der Waals surface area contributed by atoms with Crippen molar-refractivity contribution in [3.63, 3.8) is 0 Å². The SMILES string of the molecule is PCc1cccc(CP)n1.[CH-]=C.[Cl][RuH]. The first-order valence-corrected chi connectivity index (χ1v) is 7.79. The van der Waals surface area contributed by atoms with Gasteiger partial charge in [-0.3, -0.25) is 11.6 Å². The van der Waals surface area contributed by atoms with Gasteiger partial charge < -0.3 is 6.58 Å². The van der Waals surface area contributed by atoms with Crippen LogP contribution in [-0.4, -0.2) is 4.98 Å². The van der Waals surface area contributed by atoms with Crippen LogP contribution in [0, 0.1) is 6.58 Å². The van der Waals surface area contributed by atoms with Crippen molar-refractivity contribution in [1.29, 1.82) is 0 Å². The molecule has 0 fully saturated rings. The third-order valence-corrected chi connectivity index (χ3v) is 2.12. The molecule has 0 spiro atoms. The van der Waals surface area contributed by atoms with Crippen LogP contribution in [0.5, 0.6) is 0 Å². The van der Waals surface area contributed by atoms with Crippen LogP contribution in [0.2, 0.25) is 0 Å². The second-order valence-corrected chi connectivity index (χ2v) is 2.85. The molecule has 0 aliphatic carbocycles. The van der Waals surface area contributed by atoms with Gasteiger partial charge in [-0.25, -0.2) is 0 Å². The standard InChI is InChI=1S/C7H11NP2.C2H3.ClH.Ru.H/c9-4-6-2-1-3-7(5-10)8-6;1-2;;;/h1-3H,4-5,9-10H2;1H,2H2;1H;;/q;-1;;+1;/p-1. The Morgan fingerprint density at radius 3 is 1.86 bits per heavy atom. The Kier molecular flexibility index (Phi) is 16.7. The van der Waals surface area contributed by atoms with Gasteiger partial charge in [-0.05, 0) is 12.1 Å². The zero-order chi connectivity index (χ0) is 11.4. The molecule has 0 aromatic carbocycles. The van der Waals surface area contributed by atoms with Gasteiger partial charge in [-0.2, -0.15) is 0 Å². The number of rotatable bonds is 2. The van der Waals surface area contributed by atoms with Crippen LogP contribution < -0.4 is 0 Å². The molecule has 0 aliphatic rings. The minimum absolute atomic E-state index is 0.943. The quantitative estimate of drug-likeness (QED) is 0.460. The van der Waals surface area contributed by atoms with Crippen LogP contribution in [0.4, 0.5) is 0 Å². The third-order valence-electron chi connectivity index (χ3n) is 1.28. The van der Waals surface area contributed by atoms with Gasteiger partial charge in [-0.15, -0.1) is 18.5 Å². The molecule has 1 rings (SSSR count). The Morgan fingerprint density at radius 2 is 1.57 bits per heavy atom. The van der Waals surface area contributed by atoms with Gasteiger partial charge in [0.05, 0.1) is 0 Å². The van der Waals surface area contributed by atoms with Gasteiger partial charge in [0, 0.05) is 23.7 Å². The van der Waals surface area contributed by atoms with Gasteiger partial charge in [0.2, 0.25) is 0 Å². The number of nitrogens with zero attached hydrogens (tertiary/aromatic N) is 1. The fraction of sp³-hybridized carbons (Fsp3) is 0.222. The first-order chi connectivity index (χ1) is 6.86. The molecule has 0 N–H and O–H groups in total. The molecule has 1 heterocycles. The van der Waals surface area contributed by atoms with Crippen molar-refractivity contribution in [3.8, 4) is 0 Å². The molecule has 14 heavy (non-hydrogen) atoms. The van der Waals surface area contributed by atoms with Gasteiger partial charge in [0.25, 0.3) is 0 Å². The first-order valence-electron chi connectivity index (χ1n) is 3.77. The predicted octanol–water partition coefficient (Wildman–Crippen LogP) is 2.86. The van der Waals surface area contributed by atoms with Gasteiger partial charge in [-0.1, -0.05) is 6.07 Å². The van der Waals surface area contributed by atoms with Crippen molar-refractivity contribution in [2.75, 3.05) is 0 Å². The van der Waals surface area contributed by atoms with E-state index < -0.39 is 0 Å². The summed E-state index contributed by atoms with van der Waals surface area (Å²) in [5.41, 5.74) is 2.29. The predicted molar refractivity (Wildman–Crippen MR) is 68.2 cm³/mol. The summed E-state index contributed by atoms with van der Waals surface area (Å²) in [6.45, 7) is 7.00. The number of hydrogen-bond acceptors (Lipinski definition) is 1. The van der Waals surface area contributed by atoms with E-state index in [9.17, 15) is 0 Å². The Balaban J connectivity index is 0. The molecule has 1 nitrogen and oxygen atoms in total. The number of hydrogen-bond donors (Lipinski definition) is 0. The van der Waals surface area contributed by atoms with E-state index in [0.717, 1.165) is 23.7 Å². The summed E-state index contributed by atoms with van der Waals surface area (Å²) in [5.74, 6) is 0. The molecule has 0 saturated heterocycles. The Labute approximate surface area is 105 Å². The number of halogens is 1. The van der Waals surface area contributed by atoms with Crippen molar-refractivity contribution in [2.45, 2.75) is 12.3 Å². The van der Waals surface area contributed by atoms with Gasteiger partial charge >= 0.3 is 27.0 Å². The summed E-state index contributed by atoms with van der Waals surface area (Å²) in [6, 6.07) is 6.12. The Morgan fingerprint density at radius 1 is 1.21 bits per heavy atom. The summed E-state index contributed by atoms with van der Waals surface area (Å²) in [6.07, 6.45) is 1.89. The summed E-state index contributed by atoms with van der Waals surface area (Å²) in [4.78, 5) is 4.37. The molecule has 0 aliphatic heterocycles. The maximum atomic E-state index is 4.61. The minimum atomic E-state index is 0.943. The molecule has 5 heteroatoms. The number of aromatic nitrogens is 1. The van der Waals surface area contributed by atoms with E-state index in [1.165, 1.54) is 0 Å². The Hall–Kier alpha value is 0.663. The van der Waals surface area contributed by atoms with E-state index in [1.807, 2.05) is 18.2 Å². The monoisotopic (exact) mass is 336 g/mol. The summed E-state index contributed by atoms with van der Waals surface area (Å²) in [7, 11) is 9.94. The zero-order valence-electron chi connectivity index (χ0n) is 7.79. The van der Waals surface area contributed by atoms with Gasteiger partial charge in [0.1, 0.15) is 0 Å². The fourth-order valence-corrected chi connectivity index (χ4v) is 1.21. The van der Waals surface area contributed by atoms with Crippen LogP contribution in [0.3, 0.4) is 0 Å². The average molecular weight is 336 g/mol. The summed E-state index contributed by atoms with van der Waals surface area (Å²) >= 11 is 1.62. The van der Waals surface area contributed by atoms with E-state index >= 15 is 0 Å². The molecule has 1 aromatic heterocycles. The molecule has 2 unspecified atom stereocenters. The summed E-state index contributed by atoms with van der Waals surface area (Å²) in [5, 5.41) is 0. The molecule has 0 radical (unpaired) electrons. The average Bonchev–Trinajstić information content (AvgIpc) is 2.34. The van der Waals surface area contributed by atoms with Crippen LogP contribution in [-0.2, 0) is 29.6 Å². The van der Waals surface area contributed by atoms with Crippen LogP contribution in [0.1, 0.15) is 11.4 Å². The Bertz CT molecular complexity index is 217. The van der Waals surface area contributed by atoms with Crippen LogP contribution >= 0.6 is 28.2 Å². The molecule has 1 aromatic rings. The molecular weight excluding hydrogens is 321 g/mol. The molecule has 82 valence electrons. The topological polar surface area (TPSA) is 12.9 Å². The van der Waals surface area contributed by atoms with Crippen LogP contribution in [0.15, 0.2) is 24.8 Å². The van der Waals surface area contributed by atoms with E-state index in [2.05, 4.69) is 46.3 Å².